The molecule has 0 saturated heterocycles. The third-order valence-corrected chi connectivity index (χ3v) is 7.66. The summed E-state index contributed by atoms with van der Waals surface area (Å²) in [4.78, 5) is 17.5. The first kappa shape index (κ1) is 26.6. The summed E-state index contributed by atoms with van der Waals surface area (Å²) < 4.78 is 22.1. The lowest BCUT2D eigenvalue weighted by Gasteiger charge is -2.14. The summed E-state index contributed by atoms with van der Waals surface area (Å²) in [6.45, 7) is 1.77. The Bertz CT molecular complexity index is 1840. The summed E-state index contributed by atoms with van der Waals surface area (Å²) in [5.74, 6) is 1.66. The maximum Gasteiger partial charge on any atom is 0.338 e. The van der Waals surface area contributed by atoms with E-state index in [1.807, 2.05) is 42.6 Å². The number of methoxy groups -OCH3 is 2. The number of aromatic amines is 1. The van der Waals surface area contributed by atoms with E-state index in [1.54, 1.807) is 25.4 Å². The smallest absolute Gasteiger partial charge is 0.338 e. The molecule has 6 aromatic rings. The third kappa shape index (κ3) is 5.18. The number of halogens is 1. The van der Waals surface area contributed by atoms with Gasteiger partial charge in [-0.2, -0.15) is 5.10 Å². The predicted octanol–water partition coefficient (Wildman–Crippen LogP) is 6.46. The number of carbonyl (C=O) groups is 1. The number of nitrogens with zero attached hydrogens (tertiary/aromatic N) is 4. The van der Waals surface area contributed by atoms with Crippen LogP contribution in [0.2, 0.25) is 0 Å². The number of para-hydroxylation sites is 2. The fraction of sp³-hybridized carbons (Fsp3) is 0.194. The zero-order valence-electron chi connectivity index (χ0n) is 22.6. The Balaban J connectivity index is 1.46. The van der Waals surface area contributed by atoms with Gasteiger partial charge in [0.15, 0.2) is 5.82 Å². The summed E-state index contributed by atoms with van der Waals surface area (Å²) in [5, 5.41) is 8.14. The minimum Gasteiger partial charge on any atom is -0.494 e. The SMILES string of the molecule is COC(=O)c1cc(OC)c2c(c1)nc(-c1cc3ccccc3n1CCCOc1ccccc1Br)n2Cc1cn[nH]c1. The van der Waals surface area contributed by atoms with Crippen molar-refractivity contribution < 1.29 is 19.0 Å². The van der Waals surface area contributed by atoms with Gasteiger partial charge in [0.1, 0.15) is 17.0 Å². The molecule has 0 radical (unpaired) electrons. The van der Waals surface area contributed by atoms with E-state index >= 15 is 0 Å². The molecule has 0 bridgehead atoms. The Morgan fingerprint density at radius 2 is 1.83 bits per heavy atom. The molecule has 1 N–H and O–H groups in total. The van der Waals surface area contributed by atoms with E-state index in [0.29, 0.717) is 36.5 Å². The second kappa shape index (κ2) is 11.5. The number of hydrogen-bond donors (Lipinski definition) is 1. The summed E-state index contributed by atoms with van der Waals surface area (Å²) >= 11 is 3.55. The number of H-pyrrole nitrogens is 1. The van der Waals surface area contributed by atoms with Crippen LogP contribution in [0.15, 0.2) is 83.6 Å². The van der Waals surface area contributed by atoms with Gasteiger partial charge in [-0.15, -0.1) is 0 Å². The fourth-order valence-corrected chi connectivity index (χ4v) is 5.52. The van der Waals surface area contributed by atoms with Gasteiger partial charge < -0.3 is 23.3 Å². The molecule has 41 heavy (non-hydrogen) atoms. The van der Waals surface area contributed by atoms with Crippen molar-refractivity contribution in [3.05, 3.63) is 94.7 Å². The maximum atomic E-state index is 12.4. The first-order valence-corrected chi connectivity index (χ1v) is 14.0. The van der Waals surface area contributed by atoms with Gasteiger partial charge in [0, 0.05) is 29.2 Å². The van der Waals surface area contributed by atoms with Crippen LogP contribution in [0.25, 0.3) is 33.5 Å². The Hall–Kier alpha value is -4.57. The van der Waals surface area contributed by atoms with Crippen LogP contribution < -0.4 is 9.47 Å². The molecule has 9 nitrogen and oxygen atoms in total. The highest BCUT2D eigenvalue weighted by atomic mass is 79.9. The average molecular weight is 614 g/mol. The zero-order chi connectivity index (χ0) is 28.3. The molecule has 10 heteroatoms. The van der Waals surface area contributed by atoms with Gasteiger partial charge in [0.05, 0.1) is 54.8 Å². The number of hydrogen-bond acceptors (Lipinski definition) is 6. The van der Waals surface area contributed by atoms with Crippen molar-refractivity contribution in [2.24, 2.45) is 0 Å². The maximum absolute atomic E-state index is 12.4. The number of fused-ring (bicyclic) bond motifs is 2. The van der Waals surface area contributed by atoms with Crippen LogP contribution >= 0.6 is 15.9 Å². The summed E-state index contributed by atoms with van der Waals surface area (Å²) in [7, 11) is 2.95. The van der Waals surface area contributed by atoms with Crippen LogP contribution in [0.4, 0.5) is 0 Å². The van der Waals surface area contributed by atoms with Crippen LogP contribution in [-0.2, 0) is 17.8 Å². The van der Waals surface area contributed by atoms with E-state index in [4.69, 9.17) is 19.2 Å². The highest BCUT2D eigenvalue weighted by Gasteiger charge is 2.23. The molecule has 0 amide bonds. The summed E-state index contributed by atoms with van der Waals surface area (Å²) in [5.41, 5.74) is 4.83. The monoisotopic (exact) mass is 613 g/mol. The van der Waals surface area contributed by atoms with Gasteiger partial charge in [0.25, 0.3) is 0 Å². The molecule has 208 valence electrons. The van der Waals surface area contributed by atoms with Crippen molar-refractivity contribution in [1.29, 1.82) is 0 Å². The Kier molecular flexibility index (Phi) is 7.47. The molecule has 0 aliphatic heterocycles. The molecule has 0 unspecified atom stereocenters. The van der Waals surface area contributed by atoms with Crippen molar-refractivity contribution in [1.82, 2.24) is 24.3 Å². The molecule has 6 rings (SSSR count). The zero-order valence-corrected chi connectivity index (χ0v) is 24.2. The number of aryl methyl sites for hydroxylation is 1. The van der Waals surface area contributed by atoms with E-state index in [2.05, 4.69) is 53.5 Å². The largest absolute Gasteiger partial charge is 0.494 e. The van der Waals surface area contributed by atoms with E-state index in [9.17, 15) is 4.79 Å². The van der Waals surface area contributed by atoms with Crippen LogP contribution in [0.3, 0.4) is 0 Å². The molecule has 0 fully saturated rings. The summed E-state index contributed by atoms with van der Waals surface area (Å²) in [6.07, 6.45) is 4.43. The lowest BCUT2D eigenvalue weighted by atomic mass is 10.2. The molecule has 0 saturated carbocycles. The Morgan fingerprint density at radius 3 is 2.61 bits per heavy atom. The molecule has 0 aliphatic rings. The average Bonchev–Trinajstić information content (AvgIpc) is 3.73. The number of esters is 1. The molecule has 3 heterocycles. The van der Waals surface area contributed by atoms with Crippen LogP contribution in [0, 0.1) is 0 Å². The van der Waals surface area contributed by atoms with Crippen molar-refractivity contribution in [3.8, 4) is 23.0 Å². The predicted molar refractivity (Wildman–Crippen MR) is 161 cm³/mol. The second-order valence-electron chi connectivity index (χ2n) is 9.54. The standard InChI is InChI=1S/C31H28BrN5O4/c1-39-28-16-22(31(38)40-2)14-24-29(28)37(19-20-17-33-34-18-20)30(35-24)26-15-21-8-3-5-10-25(21)36(26)12-7-13-41-27-11-6-4-9-23(27)32/h3-6,8-11,14-18H,7,12-13,19H2,1-2H3,(H,33,34). The Labute approximate surface area is 244 Å². The van der Waals surface area contributed by atoms with Gasteiger partial charge in [-0.25, -0.2) is 9.78 Å². The highest BCUT2D eigenvalue weighted by molar-refractivity contribution is 9.10. The van der Waals surface area contributed by atoms with E-state index in [1.165, 1.54) is 7.11 Å². The minimum absolute atomic E-state index is 0.376. The van der Waals surface area contributed by atoms with Gasteiger partial charge in [-0.3, -0.25) is 5.10 Å². The lowest BCUT2D eigenvalue weighted by Crippen LogP contribution is -2.09. The Morgan fingerprint density at radius 1 is 1.00 bits per heavy atom. The van der Waals surface area contributed by atoms with Crippen molar-refractivity contribution in [3.63, 3.8) is 0 Å². The van der Waals surface area contributed by atoms with Crippen molar-refractivity contribution in [2.75, 3.05) is 20.8 Å². The molecule has 3 aromatic carbocycles. The van der Waals surface area contributed by atoms with Gasteiger partial charge in [-0.1, -0.05) is 30.3 Å². The number of imidazole rings is 1. The van der Waals surface area contributed by atoms with Crippen LogP contribution in [0.1, 0.15) is 22.3 Å². The number of aromatic nitrogens is 5. The van der Waals surface area contributed by atoms with Gasteiger partial charge in [0.2, 0.25) is 0 Å². The lowest BCUT2D eigenvalue weighted by molar-refractivity contribution is 0.0600. The van der Waals surface area contributed by atoms with Crippen molar-refractivity contribution in [2.45, 2.75) is 19.5 Å². The van der Waals surface area contributed by atoms with Crippen LogP contribution in [0.5, 0.6) is 11.5 Å². The van der Waals surface area contributed by atoms with E-state index < -0.39 is 5.97 Å². The van der Waals surface area contributed by atoms with Crippen molar-refractivity contribution >= 4 is 43.8 Å². The molecular weight excluding hydrogens is 586 g/mol. The molecular formula is C31H28BrN5O4. The molecule has 3 aromatic heterocycles. The third-order valence-electron chi connectivity index (χ3n) is 7.00. The first-order valence-electron chi connectivity index (χ1n) is 13.2. The molecule has 0 aliphatic carbocycles. The number of rotatable bonds is 10. The first-order chi connectivity index (χ1) is 20.1. The minimum atomic E-state index is -0.449. The number of nitrogens with one attached hydrogen (secondary N) is 1. The number of carbonyl (C=O) groups excluding carboxylic acids is 1. The molecule has 0 atom stereocenters. The number of ether oxygens (including phenoxy) is 3. The van der Waals surface area contributed by atoms with Crippen LogP contribution in [-0.4, -0.2) is 51.1 Å². The normalized spacial score (nSPS) is 11.3. The van der Waals surface area contributed by atoms with Gasteiger partial charge >= 0.3 is 5.97 Å². The topological polar surface area (TPSA) is 96.2 Å². The highest BCUT2D eigenvalue weighted by Crippen LogP contribution is 2.36. The quantitative estimate of drug-likeness (QED) is 0.141. The van der Waals surface area contributed by atoms with Gasteiger partial charge in [-0.05, 0) is 58.7 Å². The molecule has 0 spiro atoms. The number of benzene rings is 3. The second-order valence-corrected chi connectivity index (χ2v) is 10.4. The fourth-order valence-electron chi connectivity index (χ4n) is 5.12. The van der Waals surface area contributed by atoms with E-state index in [0.717, 1.165) is 50.1 Å². The summed E-state index contributed by atoms with van der Waals surface area (Å²) in [6, 6.07) is 21.7. The van der Waals surface area contributed by atoms with E-state index in [-0.39, 0.29) is 0 Å².